The maximum absolute atomic E-state index is 11.0. The van der Waals surface area contributed by atoms with Gasteiger partial charge in [-0.2, -0.15) is 0 Å². The van der Waals surface area contributed by atoms with Crippen LogP contribution in [-0.4, -0.2) is 44.1 Å². The van der Waals surface area contributed by atoms with Crippen molar-refractivity contribution >= 4 is 21.9 Å². The third-order valence-corrected chi connectivity index (χ3v) is 4.49. The van der Waals surface area contributed by atoms with Crippen molar-refractivity contribution in [1.82, 2.24) is 19.9 Å². The van der Waals surface area contributed by atoms with E-state index >= 15 is 0 Å². The Hall–Kier alpha value is -1.73. The van der Waals surface area contributed by atoms with Gasteiger partial charge in [0.25, 0.3) is 0 Å². The monoisotopic (exact) mass is 364 g/mol. The number of rotatable bonds is 4. The molecule has 0 atom stereocenters. The number of carboxylic acids is 1. The summed E-state index contributed by atoms with van der Waals surface area (Å²) in [5.41, 5.74) is 1.97. The first-order chi connectivity index (χ1) is 10.6. The zero-order valence-electron chi connectivity index (χ0n) is 12.0. The van der Waals surface area contributed by atoms with Gasteiger partial charge in [-0.1, -0.05) is 27.2 Å². The van der Waals surface area contributed by atoms with Crippen molar-refractivity contribution < 1.29 is 9.90 Å². The summed E-state index contributed by atoms with van der Waals surface area (Å²) < 4.78 is 2.82. The first kappa shape index (κ1) is 15.2. The molecule has 116 valence electrons. The van der Waals surface area contributed by atoms with Crippen LogP contribution in [0.5, 0.6) is 0 Å². The van der Waals surface area contributed by atoms with Crippen LogP contribution in [0.4, 0.5) is 0 Å². The van der Waals surface area contributed by atoms with Gasteiger partial charge in [0.15, 0.2) is 0 Å². The SMILES string of the molecule is O=C(O)C1CCN(Cc2cnnn2-c2cccc(Br)c2)CC1. The number of aromatic nitrogens is 3. The molecule has 22 heavy (non-hydrogen) atoms. The van der Waals surface area contributed by atoms with E-state index in [0.717, 1.165) is 35.5 Å². The fraction of sp³-hybridized carbons (Fsp3) is 0.400. The highest BCUT2D eigenvalue weighted by atomic mass is 79.9. The lowest BCUT2D eigenvalue weighted by Crippen LogP contribution is -2.36. The van der Waals surface area contributed by atoms with Gasteiger partial charge in [0.05, 0.1) is 23.5 Å². The first-order valence-corrected chi connectivity index (χ1v) is 8.03. The summed E-state index contributed by atoms with van der Waals surface area (Å²) in [5.74, 6) is -0.884. The number of carbonyl (C=O) groups is 1. The Balaban J connectivity index is 1.70. The summed E-state index contributed by atoms with van der Waals surface area (Å²) in [6, 6.07) is 7.91. The standard InChI is InChI=1S/C15H17BrN4O2/c16-12-2-1-3-13(8-12)20-14(9-17-18-20)10-19-6-4-11(5-7-19)15(21)22/h1-3,8-9,11H,4-7,10H2,(H,21,22). The number of likely N-dealkylation sites (tertiary alicyclic amines) is 1. The number of hydrogen-bond donors (Lipinski definition) is 1. The Labute approximate surface area is 136 Å². The summed E-state index contributed by atoms with van der Waals surface area (Å²) in [6.07, 6.45) is 3.17. The van der Waals surface area contributed by atoms with Crippen LogP contribution >= 0.6 is 15.9 Å². The molecule has 1 aliphatic heterocycles. The van der Waals surface area contributed by atoms with Gasteiger partial charge in [-0.3, -0.25) is 9.69 Å². The summed E-state index contributed by atoms with van der Waals surface area (Å²) >= 11 is 3.46. The van der Waals surface area contributed by atoms with E-state index in [1.165, 1.54) is 0 Å². The van der Waals surface area contributed by atoms with Crippen LogP contribution in [0.1, 0.15) is 18.5 Å². The largest absolute Gasteiger partial charge is 0.481 e. The number of aliphatic carboxylic acids is 1. The van der Waals surface area contributed by atoms with Crippen LogP contribution in [0.25, 0.3) is 5.69 Å². The molecule has 2 aromatic rings. The molecule has 0 radical (unpaired) electrons. The smallest absolute Gasteiger partial charge is 0.306 e. The molecule has 1 aromatic carbocycles. The molecule has 3 rings (SSSR count). The molecule has 0 amide bonds. The van der Waals surface area contributed by atoms with E-state index in [9.17, 15) is 4.79 Å². The highest BCUT2D eigenvalue weighted by Crippen LogP contribution is 2.21. The van der Waals surface area contributed by atoms with Crippen LogP contribution in [0.15, 0.2) is 34.9 Å². The van der Waals surface area contributed by atoms with E-state index in [-0.39, 0.29) is 5.92 Å². The molecule has 1 N–H and O–H groups in total. The van der Waals surface area contributed by atoms with Crippen molar-refractivity contribution in [1.29, 1.82) is 0 Å². The normalized spacial score (nSPS) is 16.8. The van der Waals surface area contributed by atoms with E-state index in [0.29, 0.717) is 12.8 Å². The lowest BCUT2D eigenvalue weighted by Gasteiger charge is -2.29. The number of halogens is 1. The molecule has 2 heterocycles. The summed E-state index contributed by atoms with van der Waals surface area (Å²) in [4.78, 5) is 13.3. The first-order valence-electron chi connectivity index (χ1n) is 7.24. The van der Waals surface area contributed by atoms with Gasteiger partial charge in [0, 0.05) is 11.0 Å². The van der Waals surface area contributed by atoms with E-state index in [1.807, 2.05) is 28.9 Å². The predicted octanol–water partition coefficient (Wildman–Crippen LogP) is 2.33. The van der Waals surface area contributed by atoms with Crippen molar-refractivity contribution in [2.24, 2.45) is 5.92 Å². The summed E-state index contributed by atoms with van der Waals surface area (Å²) in [7, 11) is 0. The van der Waals surface area contributed by atoms with Gasteiger partial charge >= 0.3 is 5.97 Å². The van der Waals surface area contributed by atoms with Crippen LogP contribution in [0.3, 0.4) is 0 Å². The minimum absolute atomic E-state index is 0.204. The van der Waals surface area contributed by atoms with Crippen LogP contribution in [0.2, 0.25) is 0 Å². The maximum Gasteiger partial charge on any atom is 0.306 e. The zero-order chi connectivity index (χ0) is 15.5. The third-order valence-electron chi connectivity index (χ3n) is 4.00. The van der Waals surface area contributed by atoms with E-state index in [1.54, 1.807) is 6.20 Å². The highest BCUT2D eigenvalue weighted by Gasteiger charge is 2.25. The molecule has 0 saturated carbocycles. The van der Waals surface area contributed by atoms with Crippen LogP contribution in [-0.2, 0) is 11.3 Å². The Kier molecular flexibility index (Phi) is 4.54. The quantitative estimate of drug-likeness (QED) is 0.901. The minimum atomic E-state index is -0.680. The van der Waals surface area contributed by atoms with Crippen molar-refractivity contribution in [3.63, 3.8) is 0 Å². The van der Waals surface area contributed by atoms with Crippen molar-refractivity contribution in [3.8, 4) is 5.69 Å². The molecule has 0 aliphatic carbocycles. The van der Waals surface area contributed by atoms with Gasteiger partial charge in [-0.15, -0.1) is 5.10 Å². The number of nitrogens with zero attached hydrogens (tertiary/aromatic N) is 4. The predicted molar refractivity (Wildman–Crippen MR) is 84.7 cm³/mol. The van der Waals surface area contributed by atoms with Gasteiger partial charge in [-0.05, 0) is 44.1 Å². The third kappa shape index (κ3) is 3.36. The molecule has 1 fully saturated rings. The van der Waals surface area contributed by atoms with Crippen molar-refractivity contribution in [3.05, 3.63) is 40.6 Å². The topological polar surface area (TPSA) is 71.2 Å². The molecule has 7 heteroatoms. The van der Waals surface area contributed by atoms with Crippen LogP contribution in [0, 0.1) is 5.92 Å². The van der Waals surface area contributed by atoms with Gasteiger partial charge in [-0.25, -0.2) is 4.68 Å². The average Bonchev–Trinajstić information content (AvgIpc) is 2.96. The zero-order valence-corrected chi connectivity index (χ0v) is 13.6. The van der Waals surface area contributed by atoms with Crippen LogP contribution < -0.4 is 0 Å². The Morgan fingerprint density at radius 3 is 2.82 bits per heavy atom. The molecule has 0 unspecified atom stereocenters. The molecular formula is C15H17BrN4O2. The summed E-state index contributed by atoms with van der Waals surface area (Å²) in [5, 5.41) is 17.2. The fourth-order valence-electron chi connectivity index (χ4n) is 2.76. The van der Waals surface area contributed by atoms with E-state index in [4.69, 9.17) is 5.11 Å². The molecular weight excluding hydrogens is 348 g/mol. The number of hydrogen-bond acceptors (Lipinski definition) is 4. The van der Waals surface area contributed by atoms with Gasteiger partial charge in [0.1, 0.15) is 0 Å². The second-order valence-corrected chi connectivity index (χ2v) is 6.42. The van der Waals surface area contributed by atoms with Crippen molar-refractivity contribution in [2.45, 2.75) is 19.4 Å². The Morgan fingerprint density at radius 2 is 2.14 bits per heavy atom. The van der Waals surface area contributed by atoms with E-state index in [2.05, 4.69) is 31.1 Å². The molecule has 0 bridgehead atoms. The molecule has 1 aliphatic rings. The Morgan fingerprint density at radius 1 is 1.36 bits per heavy atom. The molecule has 0 spiro atoms. The lowest BCUT2D eigenvalue weighted by atomic mass is 9.97. The number of piperidine rings is 1. The lowest BCUT2D eigenvalue weighted by molar-refractivity contribution is -0.143. The Bertz CT molecular complexity index is 665. The van der Waals surface area contributed by atoms with E-state index < -0.39 is 5.97 Å². The molecule has 1 saturated heterocycles. The minimum Gasteiger partial charge on any atom is -0.481 e. The molecule has 1 aromatic heterocycles. The highest BCUT2D eigenvalue weighted by molar-refractivity contribution is 9.10. The summed E-state index contributed by atoms with van der Waals surface area (Å²) in [6.45, 7) is 2.31. The fourth-order valence-corrected chi connectivity index (χ4v) is 3.14. The second kappa shape index (κ2) is 6.58. The van der Waals surface area contributed by atoms with Gasteiger partial charge < -0.3 is 5.11 Å². The average molecular weight is 365 g/mol. The second-order valence-electron chi connectivity index (χ2n) is 5.51. The molecule has 6 nitrogen and oxygen atoms in total. The van der Waals surface area contributed by atoms with Crippen molar-refractivity contribution in [2.75, 3.05) is 13.1 Å². The number of benzene rings is 1. The maximum atomic E-state index is 11.0. The number of carboxylic acid groups (broad SMARTS) is 1. The van der Waals surface area contributed by atoms with Gasteiger partial charge in [0.2, 0.25) is 0 Å².